The van der Waals surface area contributed by atoms with Gasteiger partial charge in [0.1, 0.15) is 17.5 Å². The number of nitrogens with one attached hydrogen (secondary N) is 1. The third-order valence-corrected chi connectivity index (χ3v) is 6.38. The fourth-order valence-electron chi connectivity index (χ4n) is 4.47. The van der Waals surface area contributed by atoms with Gasteiger partial charge in [-0.05, 0) is 36.9 Å². The highest BCUT2D eigenvalue weighted by Crippen LogP contribution is 2.35. The number of carbonyl (C=O) groups excluding carboxylic acids is 1. The first-order chi connectivity index (χ1) is 16.5. The molecule has 1 fully saturated rings. The van der Waals surface area contributed by atoms with Crippen LogP contribution in [0, 0.1) is 10.1 Å². The van der Waals surface area contributed by atoms with Crippen molar-refractivity contribution in [2.24, 2.45) is 0 Å². The summed E-state index contributed by atoms with van der Waals surface area (Å²) in [6, 6.07) is 14.3. The molecule has 2 aliphatic rings. The number of allylic oxidation sites excluding steroid dienone is 2. The van der Waals surface area contributed by atoms with E-state index < -0.39 is 4.92 Å². The van der Waals surface area contributed by atoms with E-state index in [1.807, 2.05) is 60.5 Å². The number of hydrogen-bond acceptors (Lipinski definition) is 5. The first-order valence-electron chi connectivity index (χ1n) is 11.4. The maximum absolute atomic E-state index is 13.5. The van der Waals surface area contributed by atoms with Gasteiger partial charge in [0.2, 0.25) is 0 Å². The topological polar surface area (TPSA) is 91.7 Å². The van der Waals surface area contributed by atoms with Gasteiger partial charge in [-0.3, -0.25) is 14.9 Å². The minimum atomic E-state index is -0.410. The quantitative estimate of drug-likeness (QED) is 0.456. The highest BCUT2D eigenvalue weighted by atomic mass is 16.6. The van der Waals surface area contributed by atoms with Gasteiger partial charge in [-0.25, -0.2) is 0 Å². The number of H-pyrrole nitrogens is 1. The predicted molar refractivity (Wildman–Crippen MR) is 131 cm³/mol. The number of hydrogen-bond donors (Lipinski definition) is 1. The van der Waals surface area contributed by atoms with Gasteiger partial charge < -0.3 is 19.5 Å². The minimum Gasteiger partial charge on any atom is -0.486 e. The maximum Gasteiger partial charge on any atom is 0.271 e. The Kier molecular flexibility index (Phi) is 5.90. The van der Waals surface area contributed by atoms with Crippen molar-refractivity contribution < 1.29 is 14.5 Å². The lowest BCUT2D eigenvalue weighted by molar-refractivity contribution is -0.384. The van der Waals surface area contributed by atoms with Crippen LogP contribution >= 0.6 is 0 Å². The Balaban J connectivity index is 1.50. The Morgan fingerprint density at radius 3 is 2.56 bits per heavy atom. The van der Waals surface area contributed by atoms with E-state index in [2.05, 4.69) is 9.88 Å². The lowest BCUT2D eigenvalue weighted by Crippen LogP contribution is -2.47. The summed E-state index contributed by atoms with van der Waals surface area (Å²) in [5.74, 6) is 0.710. The number of nitrogens with zero attached hydrogens (tertiary/aromatic N) is 3. The summed E-state index contributed by atoms with van der Waals surface area (Å²) in [5, 5.41) is 12.1. The van der Waals surface area contributed by atoms with E-state index in [0.717, 1.165) is 24.4 Å². The fourth-order valence-corrected chi connectivity index (χ4v) is 4.47. The molecule has 1 aliphatic heterocycles. The van der Waals surface area contributed by atoms with Crippen molar-refractivity contribution >= 4 is 28.1 Å². The van der Waals surface area contributed by atoms with Crippen molar-refractivity contribution in [2.75, 3.05) is 33.2 Å². The molecular formula is C26H26N4O4. The van der Waals surface area contributed by atoms with Crippen molar-refractivity contribution in [3.05, 3.63) is 88.1 Å². The molecule has 2 heterocycles. The molecule has 1 aliphatic carbocycles. The Labute approximate surface area is 197 Å². The molecule has 0 spiro atoms. The van der Waals surface area contributed by atoms with E-state index in [1.54, 1.807) is 12.1 Å². The number of nitro benzene ring substituents is 1. The smallest absolute Gasteiger partial charge is 0.271 e. The number of piperazine rings is 1. The van der Waals surface area contributed by atoms with Gasteiger partial charge in [0.15, 0.2) is 0 Å². The van der Waals surface area contributed by atoms with E-state index in [0.29, 0.717) is 41.7 Å². The molecule has 1 unspecified atom stereocenters. The van der Waals surface area contributed by atoms with Gasteiger partial charge in [-0.1, -0.05) is 30.4 Å². The number of non-ortho nitro benzene ring substituents is 1. The molecule has 1 atom stereocenters. The zero-order valence-electron chi connectivity index (χ0n) is 18.9. The van der Waals surface area contributed by atoms with Crippen LogP contribution in [0.1, 0.15) is 22.5 Å². The molecule has 0 saturated carbocycles. The summed E-state index contributed by atoms with van der Waals surface area (Å²) in [6.45, 7) is 2.92. The summed E-state index contributed by atoms with van der Waals surface area (Å²) in [7, 11) is 2.04. The summed E-state index contributed by atoms with van der Waals surface area (Å²) in [4.78, 5) is 31.8. The molecule has 0 bridgehead atoms. The van der Waals surface area contributed by atoms with Gasteiger partial charge in [0.25, 0.3) is 11.6 Å². The summed E-state index contributed by atoms with van der Waals surface area (Å²) < 4.78 is 6.03. The first kappa shape index (κ1) is 21.9. The molecule has 1 saturated heterocycles. The number of fused-ring (bicyclic) bond motifs is 1. The number of nitro groups is 1. The number of aromatic amines is 1. The van der Waals surface area contributed by atoms with E-state index >= 15 is 0 Å². The van der Waals surface area contributed by atoms with Crippen LogP contribution in [0.2, 0.25) is 0 Å². The highest BCUT2D eigenvalue weighted by molar-refractivity contribution is 6.08. The summed E-state index contributed by atoms with van der Waals surface area (Å²) in [5.41, 5.74) is 2.74. The lowest BCUT2D eigenvalue weighted by Gasteiger charge is -2.32. The van der Waals surface area contributed by atoms with Gasteiger partial charge in [-0.2, -0.15) is 0 Å². The fraction of sp³-hybridized carbons (Fsp3) is 0.269. The van der Waals surface area contributed by atoms with Crippen molar-refractivity contribution in [2.45, 2.75) is 12.5 Å². The Hall–Kier alpha value is -3.91. The van der Waals surface area contributed by atoms with Crippen molar-refractivity contribution in [1.29, 1.82) is 0 Å². The maximum atomic E-state index is 13.5. The van der Waals surface area contributed by atoms with E-state index in [1.165, 1.54) is 6.07 Å². The van der Waals surface area contributed by atoms with Crippen LogP contribution in [0.4, 0.5) is 5.69 Å². The highest BCUT2D eigenvalue weighted by Gasteiger charge is 2.28. The average Bonchev–Trinajstić information content (AvgIpc) is 3.24. The zero-order chi connectivity index (χ0) is 23.7. The number of carbonyl (C=O) groups is 1. The van der Waals surface area contributed by atoms with Crippen LogP contribution in [0.15, 0.2) is 66.8 Å². The Bertz CT molecular complexity index is 1290. The van der Waals surface area contributed by atoms with E-state index in [-0.39, 0.29) is 17.7 Å². The van der Waals surface area contributed by atoms with Crippen molar-refractivity contribution in [1.82, 2.24) is 14.8 Å². The zero-order valence-corrected chi connectivity index (χ0v) is 18.9. The van der Waals surface area contributed by atoms with Crippen LogP contribution < -0.4 is 4.74 Å². The van der Waals surface area contributed by atoms with Crippen LogP contribution in [0.25, 0.3) is 16.5 Å². The molecule has 2 aromatic carbocycles. The third kappa shape index (κ3) is 4.32. The molecule has 174 valence electrons. The Morgan fingerprint density at radius 1 is 1.12 bits per heavy atom. The third-order valence-electron chi connectivity index (χ3n) is 6.38. The number of ether oxygens (including phenoxy) is 1. The van der Waals surface area contributed by atoms with Gasteiger partial charge >= 0.3 is 0 Å². The molecular weight excluding hydrogens is 432 g/mol. The number of likely N-dealkylation sites (N-methyl/N-ethyl adjacent to an activating group) is 1. The van der Waals surface area contributed by atoms with E-state index in [4.69, 9.17) is 4.74 Å². The van der Waals surface area contributed by atoms with Crippen LogP contribution in [0.5, 0.6) is 5.75 Å². The predicted octanol–water partition coefficient (Wildman–Crippen LogP) is 4.25. The summed E-state index contributed by atoms with van der Waals surface area (Å²) in [6.07, 6.45) is 6.46. The van der Waals surface area contributed by atoms with Gasteiger partial charge in [0, 0.05) is 61.2 Å². The molecule has 1 amide bonds. The largest absolute Gasteiger partial charge is 0.486 e. The average molecular weight is 459 g/mol. The second kappa shape index (κ2) is 9.15. The number of para-hydroxylation sites is 1. The monoisotopic (exact) mass is 458 g/mol. The van der Waals surface area contributed by atoms with Gasteiger partial charge in [-0.15, -0.1) is 0 Å². The SMILES string of the molecule is CN1CCN(C(=O)c2[nH]c3ccc([N+](=O)[O-])cc3c2C2=CCC(Oc3ccccc3)C=C2)CC1. The van der Waals surface area contributed by atoms with E-state index in [9.17, 15) is 14.9 Å². The standard InChI is InChI=1S/C26H26N4O4/c1-28-13-15-29(16-14-28)26(31)25-24(22-17-19(30(32)33)9-12-23(22)27-25)18-7-10-21(11-8-18)34-20-5-3-2-4-6-20/h2-10,12,17,21,27H,11,13-16H2,1H3. The molecule has 5 rings (SSSR count). The van der Waals surface area contributed by atoms with Crippen molar-refractivity contribution in [3.63, 3.8) is 0 Å². The van der Waals surface area contributed by atoms with Crippen LogP contribution in [-0.4, -0.2) is 64.9 Å². The molecule has 3 aromatic rings. The second-order valence-electron chi connectivity index (χ2n) is 8.68. The van der Waals surface area contributed by atoms with Crippen LogP contribution in [0.3, 0.4) is 0 Å². The number of aromatic nitrogens is 1. The van der Waals surface area contributed by atoms with Crippen LogP contribution in [-0.2, 0) is 0 Å². The lowest BCUT2D eigenvalue weighted by atomic mass is 9.95. The second-order valence-corrected chi connectivity index (χ2v) is 8.68. The molecule has 34 heavy (non-hydrogen) atoms. The molecule has 1 N–H and O–H groups in total. The molecule has 8 nitrogen and oxygen atoms in total. The Morgan fingerprint density at radius 2 is 1.88 bits per heavy atom. The number of benzene rings is 2. The van der Waals surface area contributed by atoms with Crippen molar-refractivity contribution in [3.8, 4) is 5.75 Å². The summed E-state index contributed by atoms with van der Waals surface area (Å²) >= 11 is 0. The molecule has 0 radical (unpaired) electrons. The molecule has 8 heteroatoms. The first-order valence-corrected chi connectivity index (χ1v) is 11.4. The minimum absolute atomic E-state index is 0.00276. The number of amides is 1. The van der Waals surface area contributed by atoms with Gasteiger partial charge in [0.05, 0.1) is 4.92 Å². The normalized spacial score (nSPS) is 18.7. The number of rotatable bonds is 5. The molecule has 1 aromatic heterocycles.